The van der Waals surface area contributed by atoms with Gasteiger partial charge < -0.3 is 24.5 Å². The van der Waals surface area contributed by atoms with Gasteiger partial charge in [-0.3, -0.25) is 4.79 Å². The lowest BCUT2D eigenvalue weighted by molar-refractivity contribution is 0.0501. The molecule has 0 saturated carbocycles. The zero-order valence-corrected chi connectivity index (χ0v) is 18.6. The number of ether oxygens (including phenoxy) is 1. The molecule has 3 aromatic rings. The Kier molecular flexibility index (Phi) is 5.59. The third-order valence-corrected chi connectivity index (χ3v) is 5.84. The maximum atomic E-state index is 13.4. The van der Waals surface area contributed by atoms with Crippen LogP contribution in [-0.2, 0) is 4.74 Å². The highest BCUT2D eigenvalue weighted by molar-refractivity contribution is 7.09. The van der Waals surface area contributed by atoms with Crippen molar-refractivity contribution in [2.24, 2.45) is 0 Å². The SMILES string of the molecule is CC(C)(C)OC(=O)N[C@@H]1C[C@@H](c2nc(C(=O)O)cs2)N(C(=O)c2cn3ccccc3n2)C1. The minimum Gasteiger partial charge on any atom is -0.476 e. The van der Waals surface area contributed by atoms with Crippen LogP contribution in [0, 0.1) is 0 Å². The Bertz CT molecular complexity index is 1150. The van der Waals surface area contributed by atoms with Crippen molar-refractivity contribution in [1.29, 1.82) is 0 Å². The Hall–Kier alpha value is -3.47. The van der Waals surface area contributed by atoms with Crippen LogP contribution in [0.25, 0.3) is 5.65 Å². The molecule has 11 heteroatoms. The van der Waals surface area contributed by atoms with Gasteiger partial charge in [-0.2, -0.15) is 0 Å². The number of carboxylic acids is 1. The summed E-state index contributed by atoms with van der Waals surface area (Å²) in [6.45, 7) is 5.53. The van der Waals surface area contributed by atoms with Crippen molar-refractivity contribution in [2.45, 2.75) is 44.9 Å². The van der Waals surface area contributed by atoms with E-state index in [1.165, 1.54) is 16.7 Å². The molecule has 2 amide bonds. The van der Waals surface area contributed by atoms with Crippen LogP contribution < -0.4 is 5.32 Å². The van der Waals surface area contributed by atoms with Gasteiger partial charge >= 0.3 is 12.1 Å². The summed E-state index contributed by atoms with van der Waals surface area (Å²) in [6, 6.07) is 4.59. The molecule has 1 aliphatic heterocycles. The molecular weight excluding hydrogens is 434 g/mol. The second-order valence-corrected chi connectivity index (χ2v) is 9.41. The Balaban J connectivity index is 1.60. The number of likely N-dealkylation sites (tertiary alicyclic amines) is 1. The van der Waals surface area contributed by atoms with E-state index in [0.29, 0.717) is 17.1 Å². The van der Waals surface area contributed by atoms with E-state index in [1.54, 1.807) is 48.5 Å². The van der Waals surface area contributed by atoms with Gasteiger partial charge in [0.05, 0.1) is 12.1 Å². The molecule has 2 N–H and O–H groups in total. The number of aromatic carboxylic acids is 1. The van der Waals surface area contributed by atoms with Crippen molar-refractivity contribution in [2.75, 3.05) is 6.54 Å². The number of carbonyl (C=O) groups excluding carboxylic acids is 2. The highest BCUT2D eigenvalue weighted by atomic mass is 32.1. The number of imidazole rings is 1. The van der Waals surface area contributed by atoms with Gasteiger partial charge in [-0.1, -0.05) is 6.07 Å². The first-order valence-electron chi connectivity index (χ1n) is 10.0. The molecule has 1 fully saturated rings. The number of hydrogen-bond acceptors (Lipinski definition) is 7. The largest absolute Gasteiger partial charge is 0.476 e. The molecule has 4 heterocycles. The van der Waals surface area contributed by atoms with Gasteiger partial charge in [0, 0.05) is 24.3 Å². The predicted molar refractivity (Wildman–Crippen MR) is 116 cm³/mol. The first kappa shape index (κ1) is 21.8. The van der Waals surface area contributed by atoms with E-state index in [9.17, 15) is 19.5 Å². The summed E-state index contributed by atoms with van der Waals surface area (Å²) in [7, 11) is 0. The zero-order valence-electron chi connectivity index (χ0n) is 17.8. The average molecular weight is 458 g/mol. The van der Waals surface area contributed by atoms with Crippen molar-refractivity contribution in [3.05, 3.63) is 52.4 Å². The zero-order chi connectivity index (χ0) is 23.0. The van der Waals surface area contributed by atoms with Crippen molar-refractivity contribution >= 4 is 35.0 Å². The number of amides is 2. The first-order valence-corrected chi connectivity index (χ1v) is 10.9. The summed E-state index contributed by atoms with van der Waals surface area (Å²) in [5, 5.41) is 14.0. The molecule has 0 aliphatic carbocycles. The van der Waals surface area contributed by atoms with Gasteiger partial charge in [0.2, 0.25) is 0 Å². The topological polar surface area (TPSA) is 126 Å². The lowest BCUT2D eigenvalue weighted by atomic mass is 10.1. The second kappa shape index (κ2) is 8.23. The highest BCUT2D eigenvalue weighted by Gasteiger charge is 2.40. The van der Waals surface area contributed by atoms with Gasteiger partial charge in [0.25, 0.3) is 5.91 Å². The van der Waals surface area contributed by atoms with Gasteiger partial charge in [-0.05, 0) is 39.3 Å². The number of nitrogens with zero attached hydrogens (tertiary/aromatic N) is 4. The molecule has 168 valence electrons. The summed E-state index contributed by atoms with van der Waals surface area (Å²) < 4.78 is 7.09. The third-order valence-electron chi connectivity index (χ3n) is 4.89. The number of aromatic nitrogens is 3. The van der Waals surface area contributed by atoms with E-state index in [0.717, 1.165) is 0 Å². The fraction of sp³-hybridized carbons (Fsp3) is 0.381. The van der Waals surface area contributed by atoms with Crippen LogP contribution in [0.1, 0.15) is 59.2 Å². The van der Waals surface area contributed by atoms with E-state index in [2.05, 4.69) is 15.3 Å². The third kappa shape index (κ3) is 4.57. The predicted octanol–water partition coefficient (Wildman–Crippen LogP) is 2.97. The molecule has 32 heavy (non-hydrogen) atoms. The standard InChI is InChI=1S/C21H23N5O5S/c1-21(2,3)31-20(30)22-12-8-15(17-24-14(11-32-17)19(28)29)26(9-12)18(27)13-10-25-7-5-4-6-16(25)23-13/h4-7,10-12,15H,8-9H2,1-3H3,(H,22,30)(H,28,29)/t12-,15+/m1/s1. The number of rotatable bonds is 4. The van der Waals surface area contributed by atoms with E-state index < -0.39 is 23.7 Å². The van der Waals surface area contributed by atoms with Crippen molar-refractivity contribution < 1.29 is 24.2 Å². The molecular formula is C21H23N5O5S. The molecule has 2 atom stereocenters. The molecule has 0 radical (unpaired) electrons. The molecule has 10 nitrogen and oxygen atoms in total. The Morgan fingerprint density at radius 3 is 2.66 bits per heavy atom. The van der Waals surface area contributed by atoms with Crippen LogP contribution in [0.2, 0.25) is 0 Å². The van der Waals surface area contributed by atoms with E-state index in [-0.39, 0.29) is 29.9 Å². The Morgan fingerprint density at radius 2 is 2.00 bits per heavy atom. The summed E-state index contributed by atoms with van der Waals surface area (Å²) in [5.74, 6) is -1.45. The maximum Gasteiger partial charge on any atom is 0.407 e. The van der Waals surface area contributed by atoms with Gasteiger partial charge in [0.15, 0.2) is 5.69 Å². The van der Waals surface area contributed by atoms with Crippen LogP contribution >= 0.6 is 11.3 Å². The van der Waals surface area contributed by atoms with Crippen molar-refractivity contribution in [1.82, 2.24) is 24.6 Å². The molecule has 0 unspecified atom stereocenters. The van der Waals surface area contributed by atoms with Gasteiger partial charge in [-0.15, -0.1) is 11.3 Å². The maximum absolute atomic E-state index is 13.4. The summed E-state index contributed by atoms with van der Waals surface area (Å²) >= 11 is 1.17. The number of carbonyl (C=O) groups is 3. The number of fused-ring (bicyclic) bond motifs is 1. The second-order valence-electron chi connectivity index (χ2n) is 8.52. The molecule has 3 aromatic heterocycles. The average Bonchev–Trinajstić information content (AvgIpc) is 3.43. The lowest BCUT2D eigenvalue weighted by Crippen LogP contribution is -2.41. The van der Waals surface area contributed by atoms with Gasteiger partial charge in [-0.25, -0.2) is 19.6 Å². The summed E-state index contributed by atoms with van der Waals surface area (Å²) in [4.78, 5) is 47.1. The van der Waals surface area contributed by atoms with E-state index in [1.807, 2.05) is 12.1 Å². The smallest absolute Gasteiger partial charge is 0.407 e. The Morgan fingerprint density at radius 1 is 1.22 bits per heavy atom. The van der Waals surface area contributed by atoms with Crippen LogP contribution in [0.5, 0.6) is 0 Å². The number of pyridine rings is 1. The first-order chi connectivity index (χ1) is 15.1. The van der Waals surface area contributed by atoms with Crippen LogP contribution in [0.15, 0.2) is 36.0 Å². The number of carboxylic acid groups (broad SMARTS) is 1. The normalized spacial score (nSPS) is 18.7. The number of hydrogen-bond donors (Lipinski definition) is 2. The number of alkyl carbamates (subject to hydrolysis) is 1. The van der Waals surface area contributed by atoms with Crippen LogP contribution in [0.3, 0.4) is 0 Å². The molecule has 1 saturated heterocycles. The molecule has 1 aliphatic rings. The monoisotopic (exact) mass is 457 g/mol. The molecule has 0 spiro atoms. The lowest BCUT2D eigenvalue weighted by Gasteiger charge is -2.22. The minimum atomic E-state index is -1.13. The van der Waals surface area contributed by atoms with E-state index in [4.69, 9.17) is 4.74 Å². The van der Waals surface area contributed by atoms with Gasteiger partial charge in [0.1, 0.15) is 21.9 Å². The molecule has 4 rings (SSSR count). The minimum absolute atomic E-state index is 0.0753. The number of thiazole rings is 1. The van der Waals surface area contributed by atoms with Crippen LogP contribution in [0.4, 0.5) is 4.79 Å². The highest BCUT2D eigenvalue weighted by Crippen LogP contribution is 2.35. The Labute approximate surface area is 187 Å². The fourth-order valence-electron chi connectivity index (χ4n) is 3.60. The quantitative estimate of drug-likeness (QED) is 0.617. The van der Waals surface area contributed by atoms with Crippen molar-refractivity contribution in [3.63, 3.8) is 0 Å². The molecule has 0 aromatic carbocycles. The summed E-state index contributed by atoms with van der Waals surface area (Å²) in [5.41, 5.74) is 0.167. The van der Waals surface area contributed by atoms with Crippen LogP contribution in [-0.4, -0.2) is 60.5 Å². The van der Waals surface area contributed by atoms with Crippen molar-refractivity contribution in [3.8, 4) is 0 Å². The van der Waals surface area contributed by atoms with E-state index >= 15 is 0 Å². The summed E-state index contributed by atoms with van der Waals surface area (Å²) in [6.07, 6.45) is 3.25. The molecule has 0 bridgehead atoms. The number of nitrogens with one attached hydrogen (secondary N) is 1. The fourth-order valence-corrected chi connectivity index (χ4v) is 4.51.